The summed E-state index contributed by atoms with van der Waals surface area (Å²) in [5.41, 5.74) is 6.49. The maximum atomic E-state index is 13.3. The summed E-state index contributed by atoms with van der Waals surface area (Å²) in [5, 5.41) is 0. The number of aromatic nitrogens is 1. The Morgan fingerprint density at radius 3 is 2.31 bits per heavy atom. The molecule has 0 bridgehead atoms. The van der Waals surface area contributed by atoms with Crippen LogP contribution in [0.1, 0.15) is 48.7 Å². The van der Waals surface area contributed by atoms with Crippen LogP contribution in [0.4, 0.5) is 13.2 Å². The van der Waals surface area contributed by atoms with E-state index in [0.29, 0.717) is 13.6 Å². The minimum Gasteiger partial charge on any atom is -0.313 e. The van der Waals surface area contributed by atoms with Crippen LogP contribution in [0.3, 0.4) is 0 Å². The Labute approximate surface area is 206 Å². The third-order valence-electron chi connectivity index (χ3n) is 5.70. The number of nitrogens with zero attached hydrogens (tertiary/aromatic N) is 1. The van der Waals surface area contributed by atoms with Crippen molar-refractivity contribution in [1.29, 1.82) is 0 Å². The first-order valence-corrected chi connectivity index (χ1v) is 11.4. The van der Waals surface area contributed by atoms with Crippen molar-refractivity contribution in [3.05, 3.63) is 108 Å². The third kappa shape index (κ3) is 6.95. The first-order valence-electron chi connectivity index (χ1n) is 11.4. The van der Waals surface area contributed by atoms with Gasteiger partial charge in [0, 0.05) is 28.9 Å². The van der Waals surface area contributed by atoms with Gasteiger partial charge in [-0.2, -0.15) is 0 Å². The van der Waals surface area contributed by atoms with E-state index in [1.54, 1.807) is 31.2 Å². The van der Waals surface area contributed by atoms with E-state index in [2.05, 4.69) is 29.9 Å². The maximum absolute atomic E-state index is 13.3. The predicted molar refractivity (Wildman–Crippen MR) is 140 cm³/mol. The van der Waals surface area contributed by atoms with Crippen molar-refractivity contribution < 1.29 is 18.0 Å². The lowest BCUT2D eigenvalue weighted by molar-refractivity contribution is -0.117. The van der Waals surface area contributed by atoms with E-state index < -0.39 is 6.43 Å². The number of aryl methyl sites for hydroxylation is 1. The van der Waals surface area contributed by atoms with Gasteiger partial charge < -0.3 is 9.36 Å². The highest BCUT2D eigenvalue weighted by Crippen LogP contribution is 2.35. The molecule has 3 aromatic rings. The fraction of sp³-hybridized carbons (Fsp3) is 0.233. The number of allylic oxidation sites excluding steroid dienone is 4. The number of rotatable bonds is 10. The standard InChI is InChI=1S/C29H29F2NO.CH3F/c1-5-9-23(6-2)28-19-27(24-12-8-13-25(18-24)29(30)31)21(4)32(28)26-16-14-22(15-17-26)11-7-10-20(3)33;1-2/h5-6,8-9,12-19,29H,1-2,7,10-11H2,3-4H3;1H3/b23-9+;. The molecule has 0 aliphatic rings. The van der Waals surface area contributed by atoms with Crippen molar-refractivity contribution >= 4 is 11.4 Å². The molecule has 0 saturated carbocycles. The Kier molecular flexibility index (Phi) is 10.5. The van der Waals surface area contributed by atoms with Crippen molar-refractivity contribution in [2.45, 2.75) is 39.5 Å². The van der Waals surface area contributed by atoms with Gasteiger partial charge in [0.05, 0.1) is 12.9 Å². The summed E-state index contributed by atoms with van der Waals surface area (Å²) in [5.74, 6) is 0.202. The molecule has 0 aliphatic carbocycles. The number of hydrogen-bond acceptors (Lipinski definition) is 1. The minimum atomic E-state index is -2.52. The second-order valence-electron chi connectivity index (χ2n) is 8.07. The predicted octanol–water partition coefficient (Wildman–Crippen LogP) is 8.64. The molecule has 2 nitrogen and oxygen atoms in total. The van der Waals surface area contributed by atoms with Crippen LogP contribution in [0.25, 0.3) is 22.4 Å². The van der Waals surface area contributed by atoms with Crippen molar-refractivity contribution in [1.82, 2.24) is 4.57 Å². The summed E-state index contributed by atoms with van der Waals surface area (Å²) in [6, 6.07) is 16.8. The SMILES string of the molecule is C=C/C=C(\C=C)c1cc(-c2cccc(C(F)F)c2)c(C)n1-c1ccc(CCCC(C)=O)cc1.CF. The molecule has 5 heteroatoms. The second-order valence-corrected chi connectivity index (χ2v) is 8.07. The Hall–Kier alpha value is -3.60. The average Bonchev–Trinajstić information content (AvgIpc) is 3.20. The van der Waals surface area contributed by atoms with Crippen LogP contribution in [-0.4, -0.2) is 17.5 Å². The molecule has 0 radical (unpaired) electrons. The van der Waals surface area contributed by atoms with Gasteiger partial charge in [-0.25, -0.2) is 8.78 Å². The van der Waals surface area contributed by atoms with E-state index in [1.807, 2.05) is 37.3 Å². The fourth-order valence-electron chi connectivity index (χ4n) is 4.02. The largest absolute Gasteiger partial charge is 0.313 e. The van der Waals surface area contributed by atoms with Crippen molar-refractivity contribution in [2.24, 2.45) is 0 Å². The smallest absolute Gasteiger partial charge is 0.263 e. The normalized spacial score (nSPS) is 11.1. The highest BCUT2D eigenvalue weighted by molar-refractivity contribution is 5.80. The van der Waals surface area contributed by atoms with Gasteiger partial charge in [0.1, 0.15) is 5.78 Å². The van der Waals surface area contributed by atoms with Crippen LogP contribution in [0, 0.1) is 6.92 Å². The molecule has 0 atom stereocenters. The Bertz CT molecular complexity index is 1190. The number of Topliss-reactive ketones (excluding diaryl/α,β-unsaturated/α-hetero) is 1. The number of benzene rings is 2. The zero-order valence-electron chi connectivity index (χ0n) is 20.5. The molecule has 0 fully saturated rings. The number of ketones is 1. The molecule has 0 spiro atoms. The molecule has 0 amide bonds. The minimum absolute atomic E-state index is 0.00157. The number of halogens is 3. The highest BCUT2D eigenvalue weighted by atomic mass is 19.3. The van der Waals surface area contributed by atoms with Gasteiger partial charge in [0.15, 0.2) is 0 Å². The van der Waals surface area contributed by atoms with Crippen LogP contribution in [0.15, 0.2) is 86.0 Å². The summed E-state index contributed by atoms with van der Waals surface area (Å²) >= 11 is 0. The first-order chi connectivity index (χ1) is 16.8. The molecule has 0 N–H and O–H groups in total. The Morgan fingerprint density at radius 2 is 1.74 bits per heavy atom. The Balaban J connectivity index is 0.00000210. The van der Waals surface area contributed by atoms with E-state index in [1.165, 1.54) is 11.6 Å². The molecule has 3 rings (SSSR count). The number of carbonyl (C=O) groups excluding carboxylic acids is 1. The molecule has 0 aliphatic heterocycles. The van der Waals surface area contributed by atoms with E-state index in [0.717, 1.165) is 46.6 Å². The van der Waals surface area contributed by atoms with Crippen LogP contribution >= 0.6 is 0 Å². The molecule has 1 aromatic heterocycles. The van der Waals surface area contributed by atoms with E-state index >= 15 is 0 Å². The van der Waals surface area contributed by atoms with Gasteiger partial charge in [0.2, 0.25) is 0 Å². The topological polar surface area (TPSA) is 22.0 Å². The average molecular weight is 480 g/mol. The van der Waals surface area contributed by atoms with Gasteiger partial charge in [-0.05, 0) is 67.7 Å². The summed E-state index contributed by atoms with van der Waals surface area (Å²) in [6.45, 7) is 11.4. The lowest BCUT2D eigenvalue weighted by Gasteiger charge is -2.14. The lowest BCUT2D eigenvalue weighted by Crippen LogP contribution is -2.02. The summed E-state index contributed by atoms with van der Waals surface area (Å²) in [7, 11) is 0.500. The molecule has 1 heterocycles. The molecule has 0 unspecified atom stereocenters. The highest BCUT2D eigenvalue weighted by Gasteiger charge is 2.18. The van der Waals surface area contributed by atoms with Crippen LogP contribution in [-0.2, 0) is 11.2 Å². The van der Waals surface area contributed by atoms with Gasteiger partial charge in [0.25, 0.3) is 6.43 Å². The van der Waals surface area contributed by atoms with Crippen molar-refractivity contribution in [3.8, 4) is 16.8 Å². The second kappa shape index (κ2) is 13.3. The molecular weight excluding hydrogens is 447 g/mol. The van der Waals surface area contributed by atoms with E-state index in [-0.39, 0.29) is 11.3 Å². The third-order valence-corrected chi connectivity index (χ3v) is 5.70. The van der Waals surface area contributed by atoms with Crippen molar-refractivity contribution in [3.63, 3.8) is 0 Å². The van der Waals surface area contributed by atoms with Gasteiger partial charge in [-0.15, -0.1) is 0 Å². The Morgan fingerprint density at radius 1 is 1.06 bits per heavy atom. The van der Waals surface area contributed by atoms with E-state index in [4.69, 9.17) is 0 Å². The molecule has 0 saturated heterocycles. The number of hydrogen-bond donors (Lipinski definition) is 0. The van der Waals surface area contributed by atoms with Gasteiger partial charge in [-0.1, -0.05) is 61.7 Å². The van der Waals surface area contributed by atoms with Gasteiger partial charge in [-0.3, -0.25) is 4.39 Å². The van der Waals surface area contributed by atoms with Crippen LogP contribution in [0.5, 0.6) is 0 Å². The molecular formula is C30H32F3NO. The van der Waals surface area contributed by atoms with Gasteiger partial charge >= 0.3 is 0 Å². The first kappa shape index (κ1) is 27.6. The zero-order chi connectivity index (χ0) is 26.0. The number of alkyl halides is 3. The van der Waals surface area contributed by atoms with Crippen LogP contribution in [0.2, 0.25) is 0 Å². The number of carbonyl (C=O) groups is 1. The zero-order valence-corrected chi connectivity index (χ0v) is 20.5. The monoisotopic (exact) mass is 479 g/mol. The fourth-order valence-corrected chi connectivity index (χ4v) is 4.02. The molecule has 184 valence electrons. The summed E-state index contributed by atoms with van der Waals surface area (Å²) < 4.78 is 38.2. The molecule has 35 heavy (non-hydrogen) atoms. The van der Waals surface area contributed by atoms with E-state index in [9.17, 15) is 18.0 Å². The van der Waals surface area contributed by atoms with Crippen molar-refractivity contribution in [2.75, 3.05) is 7.18 Å². The summed E-state index contributed by atoms with van der Waals surface area (Å²) in [6.07, 6.45) is 5.09. The summed E-state index contributed by atoms with van der Waals surface area (Å²) in [4.78, 5) is 11.2. The maximum Gasteiger partial charge on any atom is 0.263 e. The quantitative estimate of drug-likeness (QED) is 0.267. The lowest BCUT2D eigenvalue weighted by atomic mass is 10.0. The van der Waals surface area contributed by atoms with Crippen LogP contribution < -0.4 is 0 Å². The molecule has 2 aromatic carbocycles.